The Morgan fingerprint density at radius 2 is 1.22 bits per heavy atom. The SMILES string of the molecule is O=C(/C=C/c1ccc(O)cc1)CC(=O)/C=C/c1ccc(OC(=O)CCC(=O)OCC23CC4CC(CC(C4)C2)C3)cc1. The minimum absolute atomic E-state index is 0.00300. The van der Waals surface area contributed by atoms with Crippen LogP contribution in [0, 0.1) is 23.2 Å². The van der Waals surface area contributed by atoms with Crippen molar-refractivity contribution in [3.63, 3.8) is 0 Å². The number of ether oxygens (including phenoxy) is 2. The summed E-state index contributed by atoms with van der Waals surface area (Å²) in [6.07, 6.45) is 13.1. The molecule has 0 unspecified atom stereocenters. The second-order valence-corrected chi connectivity index (χ2v) is 12.0. The van der Waals surface area contributed by atoms with Gasteiger partial charge in [-0.15, -0.1) is 0 Å². The number of carbonyl (C=O) groups is 4. The third-order valence-corrected chi connectivity index (χ3v) is 8.51. The van der Waals surface area contributed by atoms with E-state index in [1.165, 1.54) is 62.8 Å². The van der Waals surface area contributed by atoms with Crippen molar-refractivity contribution in [2.24, 2.45) is 23.2 Å². The number of allylic oxidation sites excluding steroid dienone is 2. The Balaban J connectivity index is 0.999. The monoisotopic (exact) mass is 556 g/mol. The van der Waals surface area contributed by atoms with Crippen molar-refractivity contribution in [2.45, 2.75) is 57.8 Å². The summed E-state index contributed by atoms with van der Waals surface area (Å²) in [5, 5.41) is 9.30. The molecular weight excluding hydrogens is 520 g/mol. The fraction of sp³-hybridized carbons (Fsp3) is 0.412. The summed E-state index contributed by atoms with van der Waals surface area (Å²) in [4.78, 5) is 48.8. The number of rotatable bonds is 12. The number of phenols is 1. The van der Waals surface area contributed by atoms with Crippen molar-refractivity contribution in [3.8, 4) is 11.5 Å². The van der Waals surface area contributed by atoms with E-state index in [1.54, 1.807) is 48.6 Å². The van der Waals surface area contributed by atoms with Gasteiger partial charge in [-0.1, -0.05) is 36.4 Å². The third kappa shape index (κ3) is 8.03. The van der Waals surface area contributed by atoms with Gasteiger partial charge >= 0.3 is 11.9 Å². The van der Waals surface area contributed by atoms with Crippen LogP contribution in [0.4, 0.5) is 0 Å². The average molecular weight is 557 g/mol. The van der Waals surface area contributed by atoms with Gasteiger partial charge in [-0.05, 0) is 104 Å². The van der Waals surface area contributed by atoms with Crippen LogP contribution < -0.4 is 4.74 Å². The summed E-state index contributed by atoms with van der Waals surface area (Å²) in [5.74, 6) is 1.36. The van der Waals surface area contributed by atoms with Crippen molar-refractivity contribution in [3.05, 3.63) is 71.8 Å². The number of benzene rings is 2. The highest BCUT2D eigenvalue weighted by atomic mass is 16.5. The second kappa shape index (κ2) is 12.7. The molecule has 1 N–H and O–H groups in total. The fourth-order valence-electron chi connectivity index (χ4n) is 7.06. The highest BCUT2D eigenvalue weighted by Gasteiger charge is 2.51. The Labute approximate surface area is 240 Å². The standard InChI is InChI=1S/C34H36O7/c35-28-7-1-23(2-8-28)3-9-29(36)18-30(37)10-4-24-5-11-31(12-6-24)41-33(39)14-13-32(38)40-22-34-19-25-15-26(20-34)17-27(16-25)21-34/h1-12,25-27,35H,13-22H2/b9-3+,10-4+. The lowest BCUT2D eigenvalue weighted by molar-refractivity contribution is -0.157. The Bertz CT molecular complexity index is 1300. The Morgan fingerprint density at radius 3 is 1.76 bits per heavy atom. The number of hydrogen-bond donors (Lipinski definition) is 1. The zero-order valence-corrected chi connectivity index (χ0v) is 23.1. The predicted octanol–water partition coefficient (Wildman–Crippen LogP) is 6.09. The molecule has 0 amide bonds. The molecule has 0 radical (unpaired) electrons. The molecule has 0 heterocycles. The number of esters is 2. The van der Waals surface area contributed by atoms with Crippen molar-refractivity contribution in [1.29, 1.82) is 0 Å². The van der Waals surface area contributed by atoms with Crippen LogP contribution in [-0.2, 0) is 23.9 Å². The zero-order valence-electron chi connectivity index (χ0n) is 23.1. The van der Waals surface area contributed by atoms with Crippen molar-refractivity contribution < 1.29 is 33.8 Å². The highest BCUT2D eigenvalue weighted by Crippen LogP contribution is 2.60. The Kier molecular flexibility index (Phi) is 8.81. The summed E-state index contributed by atoms with van der Waals surface area (Å²) >= 11 is 0. The first kappa shape index (κ1) is 28.5. The molecule has 0 atom stereocenters. The molecule has 0 aromatic heterocycles. The number of ketones is 2. The summed E-state index contributed by atoms with van der Waals surface area (Å²) in [6, 6.07) is 13.0. The molecule has 0 saturated heterocycles. The molecule has 41 heavy (non-hydrogen) atoms. The van der Waals surface area contributed by atoms with E-state index in [1.807, 2.05) is 0 Å². The molecule has 214 valence electrons. The first-order valence-corrected chi connectivity index (χ1v) is 14.4. The van der Waals surface area contributed by atoms with E-state index in [-0.39, 0.29) is 48.0 Å². The molecule has 0 aliphatic heterocycles. The van der Waals surface area contributed by atoms with Crippen LogP contribution >= 0.6 is 0 Å². The molecule has 4 saturated carbocycles. The van der Waals surface area contributed by atoms with E-state index in [2.05, 4.69) is 0 Å². The number of carbonyl (C=O) groups excluding carboxylic acids is 4. The zero-order chi connectivity index (χ0) is 28.8. The predicted molar refractivity (Wildman–Crippen MR) is 154 cm³/mol. The second-order valence-electron chi connectivity index (χ2n) is 12.0. The van der Waals surface area contributed by atoms with Gasteiger partial charge in [0.1, 0.15) is 11.5 Å². The van der Waals surface area contributed by atoms with Gasteiger partial charge in [-0.2, -0.15) is 0 Å². The van der Waals surface area contributed by atoms with Gasteiger partial charge < -0.3 is 14.6 Å². The quantitative estimate of drug-likeness (QED) is 0.146. The normalized spacial score (nSPS) is 24.5. The lowest BCUT2D eigenvalue weighted by Crippen LogP contribution is -2.48. The maximum Gasteiger partial charge on any atom is 0.311 e. The van der Waals surface area contributed by atoms with Gasteiger partial charge in [0.05, 0.1) is 25.9 Å². The highest BCUT2D eigenvalue weighted by molar-refractivity contribution is 6.10. The van der Waals surface area contributed by atoms with Crippen LogP contribution in [0.2, 0.25) is 0 Å². The van der Waals surface area contributed by atoms with E-state index < -0.39 is 5.97 Å². The molecule has 4 aliphatic rings. The Morgan fingerprint density at radius 1 is 0.732 bits per heavy atom. The number of phenolic OH excluding ortho intramolecular Hbond substituents is 1. The van der Waals surface area contributed by atoms with Gasteiger partial charge in [0.2, 0.25) is 0 Å². The van der Waals surface area contributed by atoms with Gasteiger partial charge in [0, 0.05) is 5.41 Å². The molecule has 4 bridgehead atoms. The van der Waals surface area contributed by atoms with E-state index >= 15 is 0 Å². The molecule has 0 spiro atoms. The van der Waals surface area contributed by atoms with Crippen LogP contribution in [0.3, 0.4) is 0 Å². The minimum Gasteiger partial charge on any atom is -0.508 e. The number of aromatic hydroxyl groups is 1. The first-order valence-electron chi connectivity index (χ1n) is 14.4. The molecule has 7 nitrogen and oxygen atoms in total. The van der Waals surface area contributed by atoms with Crippen LogP contribution in [0.25, 0.3) is 12.2 Å². The van der Waals surface area contributed by atoms with Gasteiger partial charge in [0.25, 0.3) is 0 Å². The van der Waals surface area contributed by atoms with Gasteiger partial charge in [0.15, 0.2) is 11.6 Å². The van der Waals surface area contributed by atoms with E-state index in [0.29, 0.717) is 17.9 Å². The fourth-order valence-corrected chi connectivity index (χ4v) is 7.06. The minimum atomic E-state index is -0.505. The first-order chi connectivity index (χ1) is 19.7. The molecule has 7 heteroatoms. The molecule has 2 aromatic carbocycles. The van der Waals surface area contributed by atoms with E-state index in [9.17, 15) is 24.3 Å². The Hall–Kier alpha value is -4.00. The average Bonchev–Trinajstić information content (AvgIpc) is 2.94. The maximum atomic E-state index is 12.3. The summed E-state index contributed by atoms with van der Waals surface area (Å²) in [7, 11) is 0. The summed E-state index contributed by atoms with van der Waals surface area (Å²) in [5.41, 5.74) is 1.61. The smallest absolute Gasteiger partial charge is 0.311 e. The van der Waals surface area contributed by atoms with Crippen LogP contribution in [0.1, 0.15) is 68.9 Å². The molecule has 2 aromatic rings. The molecule has 4 fully saturated rings. The van der Waals surface area contributed by atoms with Crippen molar-refractivity contribution in [2.75, 3.05) is 6.61 Å². The van der Waals surface area contributed by atoms with Gasteiger partial charge in [-0.25, -0.2) is 0 Å². The topological polar surface area (TPSA) is 107 Å². The van der Waals surface area contributed by atoms with Crippen molar-refractivity contribution >= 4 is 35.7 Å². The third-order valence-electron chi connectivity index (χ3n) is 8.51. The van der Waals surface area contributed by atoms with Gasteiger partial charge in [-0.3, -0.25) is 19.2 Å². The van der Waals surface area contributed by atoms with Crippen LogP contribution in [-0.4, -0.2) is 35.2 Å². The molecule has 4 aliphatic carbocycles. The van der Waals surface area contributed by atoms with E-state index in [4.69, 9.17) is 9.47 Å². The maximum absolute atomic E-state index is 12.3. The molecular formula is C34H36O7. The van der Waals surface area contributed by atoms with Crippen molar-refractivity contribution in [1.82, 2.24) is 0 Å². The van der Waals surface area contributed by atoms with Crippen LogP contribution in [0.15, 0.2) is 60.7 Å². The molecule has 6 rings (SSSR count). The van der Waals surface area contributed by atoms with Crippen LogP contribution in [0.5, 0.6) is 11.5 Å². The number of hydrogen-bond acceptors (Lipinski definition) is 7. The summed E-state index contributed by atoms with van der Waals surface area (Å²) in [6.45, 7) is 0.479. The summed E-state index contributed by atoms with van der Waals surface area (Å²) < 4.78 is 11.0. The lowest BCUT2D eigenvalue weighted by Gasteiger charge is -2.56. The lowest BCUT2D eigenvalue weighted by atomic mass is 9.50. The largest absolute Gasteiger partial charge is 0.508 e. The van der Waals surface area contributed by atoms with E-state index in [0.717, 1.165) is 23.3 Å².